The second kappa shape index (κ2) is 8.68. The molecule has 1 rings (SSSR count). The Morgan fingerprint density at radius 3 is 2.40 bits per heavy atom. The Bertz CT molecular complexity index is 707. The monoisotopic (exact) mass is 377 g/mol. The molecule has 2 N–H and O–H groups in total. The summed E-state index contributed by atoms with van der Waals surface area (Å²) in [5, 5.41) is 2.76. The van der Waals surface area contributed by atoms with Gasteiger partial charge in [0.1, 0.15) is 0 Å². The smallest absolute Gasteiger partial charge is 0.240 e. The van der Waals surface area contributed by atoms with E-state index in [9.17, 15) is 22.0 Å². The molecule has 0 aliphatic carbocycles. The van der Waals surface area contributed by atoms with Crippen molar-refractivity contribution in [1.82, 2.24) is 14.9 Å². The molecule has 9 heteroatoms. The van der Waals surface area contributed by atoms with E-state index in [0.29, 0.717) is 12.6 Å². The number of benzene rings is 1. The van der Waals surface area contributed by atoms with Gasteiger partial charge in [0.15, 0.2) is 11.6 Å². The highest BCUT2D eigenvalue weighted by Gasteiger charge is 2.20. The van der Waals surface area contributed by atoms with E-state index in [-0.39, 0.29) is 29.2 Å². The molecule has 0 heterocycles. The molecule has 0 bridgehead atoms. The Kier molecular flexibility index (Phi) is 7.45. The topological polar surface area (TPSA) is 78.5 Å². The summed E-state index contributed by atoms with van der Waals surface area (Å²) in [7, 11) is -0.116. The fourth-order valence-corrected chi connectivity index (χ4v) is 3.41. The third kappa shape index (κ3) is 7.45. The summed E-state index contributed by atoms with van der Waals surface area (Å²) in [6.07, 6.45) is -0.0546. The summed E-state index contributed by atoms with van der Waals surface area (Å²) in [5.41, 5.74) is -0.121. The van der Waals surface area contributed by atoms with Crippen molar-refractivity contribution in [3.05, 3.63) is 29.8 Å². The molecule has 0 aromatic heterocycles. The van der Waals surface area contributed by atoms with Crippen LogP contribution in [0.1, 0.15) is 20.3 Å². The van der Waals surface area contributed by atoms with Gasteiger partial charge in [0.05, 0.1) is 4.90 Å². The number of carbonyl (C=O) groups is 1. The minimum absolute atomic E-state index is 0.0546. The highest BCUT2D eigenvalue weighted by Crippen LogP contribution is 2.15. The zero-order valence-electron chi connectivity index (χ0n) is 14.9. The average Bonchev–Trinajstić information content (AvgIpc) is 2.46. The maximum absolute atomic E-state index is 13.1. The molecule has 1 amide bonds. The van der Waals surface area contributed by atoms with Gasteiger partial charge < -0.3 is 10.2 Å². The van der Waals surface area contributed by atoms with E-state index >= 15 is 0 Å². The van der Waals surface area contributed by atoms with Crippen LogP contribution in [0.2, 0.25) is 0 Å². The van der Waals surface area contributed by atoms with E-state index in [1.165, 1.54) is 0 Å². The molecule has 1 aromatic carbocycles. The average molecular weight is 377 g/mol. The van der Waals surface area contributed by atoms with Gasteiger partial charge >= 0.3 is 0 Å². The number of nitrogens with one attached hydrogen (secondary N) is 2. The molecule has 0 radical (unpaired) electrons. The largest absolute Gasteiger partial charge is 0.355 e. The molecule has 0 aliphatic rings. The summed E-state index contributed by atoms with van der Waals surface area (Å²) >= 11 is 0. The molecular weight excluding hydrogens is 352 g/mol. The third-order valence-corrected chi connectivity index (χ3v) is 4.81. The normalized spacial score (nSPS) is 12.4. The summed E-state index contributed by atoms with van der Waals surface area (Å²) in [5.74, 6) is -2.66. The molecule has 0 saturated carbocycles. The molecule has 0 unspecified atom stereocenters. The second-order valence-electron chi connectivity index (χ2n) is 6.90. The van der Waals surface area contributed by atoms with Crippen molar-refractivity contribution in [3.63, 3.8) is 0 Å². The fraction of sp³-hybridized carbons (Fsp3) is 0.562. The molecular formula is C16H25F2N3O3S. The number of nitrogens with zero attached hydrogens (tertiary/aromatic N) is 1. The van der Waals surface area contributed by atoms with E-state index in [4.69, 9.17) is 0 Å². The number of halogens is 2. The van der Waals surface area contributed by atoms with Gasteiger partial charge in [-0.1, -0.05) is 13.8 Å². The lowest BCUT2D eigenvalue weighted by Crippen LogP contribution is -2.40. The van der Waals surface area contributed by atoms with Gasteiger partial charge in [-0.3, -0.25) is 4.79 Å². The Morgan fingerprint density at radius 2 is 1.84 bits per heavy atom. The Morgan fingerprint density at radius 1 is 1.20 bits per heavy atom. The van der Waals surface area contributed by atoms with Crippen molar-refractivity contribution in [3.8, 4) is 0 Å². The van der Waals surface area contributed by atoms with Crippen molar-refractivity contribution in [2.45, 2.75) is 25.2 Å². The minimum Gasteiger partial charge on any atom is -0.355 e. The zero-order chi connectivity index (χ0) is 19.3. The maximum atomic E-state index is 13.1. The van der Waals surface area contributed by atoms with Crippen LogP contribution < -0.4 is 10.0 Å². The number of hydrogen-bond acceptors (Lipinski definition) is 4. The Labute approximate surface area is 147 Å². The number of amides is 1. The minimum atomic E-state index is -4.00. The quantitative estimate of drug-likeness (QED) is 0.681. The van der Waals surface area contributed by atoms with Crippen LogP contribution in [0.4, 0.5) is 8.78 Å². The lowest BCUT2D eigenvalue weighted by atomic mass is 9.93. The number of sulfonamides is 1. The lowest BCUT2D eigenvalue weighted by molar-refractivity contribution is -0.121. The number of rotatable bonds is 9. The van der Waals surface area contributed by atoms with Crippen molar-refractivity contribution in [2.24, 2.45) is 5.41 Å². The van der Waals surface area contributed by atoms with Crippen LogP contribution in [-0.2, 0) is 14.8 Å². The van der Waals surface area contributed by atoms with Crippen molar-refractivity contribution >= 4 is 15.9 Å². The molecule has 0 aliphatic heterocycles. The zero-order valence-corrected chi connectivity index (χ0v) is 15.7. The van der Waals surface area contributed by atoms with Gasteiger partial charge in [-0.05, 0) is 37.7 Å². The first-order valence-corrected chi connectivity index (χ1v) is 9.27. The molecule has 0 saturated heterocycles. The number of carbonyl (C=O) groups excluding carboxylic acids is 1. The first-order valence-electron chi connectivity index (χ1n) is 7.79. The maximum Gasteiger partial charge on any atom is 0.240 e. The van der Waals surface area contributed by atoms with Crippen molar-refractivity contribution in [2.75, 3.05) is 33.7 Å². The molecule has 0 spiro atoms. The van der Waals surface area contributed by atoms with Crippen molar-refractivity contribution < 1.29 is 22.0 Å². The fourth-order valence-electron chi connectivity index (χ4n) is 2.36. The molecule has 0 atom stereocenters. The molecule has 142 valence electrons. The predicted octanol–water partition coefficient (Wildman–Crippen LogP) is 1.34. The van der Waals surface area contributed by atoms with Gasteiger partial charge in [-0.2, -0.15) is 0 Å². The summed E-state index contributed by atoms with van der Waals surface area (Å²) < 4.78 is 52.1. The lowest BCUT2D eigenvalue weighted by Gasteiger charge is -2.28. The van der Waals surface area contributed by atoms with E-state index in [1.54, 1.807) is 0 Å². The van der Waals surface area contributed by atoms with Crippen LogP contribution in [0, 0.1) is 17.0 Å². The molecule has 1 aromatic rings. The molecule has 0 fully saturated rings. The second-order valence-corrected chi connectivity index (χ2v) is 8.67. The molecule has 25 heavy (non-hydrogen) atoms. The highest BCUT2D eigenvalue weighted by molar-refractivity contribution is 7.89. The van der Waals surface area contributed by atoms with Crippen LogP contribution in [0.15, 0.2) is 23.1 Å². The first kappa shape index (κ1) is 21.5. The SMILES string of the molecule is CN(C)CC(C)(C)CNC(=O)CCNS(=O)(=O)c1ccc(F)c(F)c1. The predicted molar refractivity (Wildman–Crippen MR) is 91.5 cm³/mol. The van der Waals surface area contributed by atoms with Crippen LogP contribution in [-0.4, -0.2) is 53.0 Å². The summed E-state index contributed by atoms with van der Waals surface area (Å²) in [6, 6.07) is 2.30. The van der Waals surface area contributed by atoms with Gasteiger partial charge in [0.25, 0.3) is 0 Å². The summed E-state index contributed by atoms with van der Waals surface area (Å²) in [4.78, 5) is 13.5. The van der Waals surface area contributed by atoms with E-state index in [1.807, 2.05) is 32.8 Å². The first-order chi connectivity index (χ1) is 11.4. The standard InChI is InChI=1S/C16H25F2N3O3S/c1-16(2,11-21(3)4)10-19-15(22)7-8-20-25(23,24)12-5-6-13(17)14(18)9-12/h5-6,9,20H,7-8,10-11H2,1-4H3,(H,19,22). The Hall–Kier alpha value is -1.58. The summed E-state index contributed by atoms with van der Waals surface area (Å²) in [6.45, 7) is 5.13. The number of hydrogen-bond donors (Lipinski definition) is 2. The Balaban J connectivity index is 2.48. The van der Waals surface area contributed by atoms with Gasteiger partial charge in [-0.25, -0.2) is 21.9 Å². The van der Waals surface area contributed by atoms with Gasteiger partial charge in [0, 0.05) is 26.1 Å². The van der Waals surface area contributed by atoms with Crippen LogP contribution >= 0.6 is 0 Å². The van der Waals surface area contributed by atoms with E-state index in [0.717, 1.165) is 18.7 Å². The van der Waals surface area contributed by atoms with Crippen LogP contribution in [0.3, 0.4) is 0 Å². The van der Waals surface area contributed by atoms with Crippen molar-refractivity contribution in [1.29, 1.82) is 0 Å². The molecule has 6 nitrogen and oxygen atoms in total. The third-order valence-electron chi connectivity index (χ3n) is 3.35. The van der Waals surface area contributed by atoms with Crippen LogP contribution in [0.5, 0.6) is 0 Å². The van der Waals surface area contributed by atoms with Gasteiger partial charge in [-0.15, -0.1) is 0 Å². The van der Waals surface area contributed by atoms with E-state index in [2.05, 4.69) is 10.0 Å². The van der Waals surface area contributed by atoms with Gasteiger partial charge in [0.2, 0.25) is 15.9 Å². The van der Waals surface area contributed by atoms with Crippen LogP contribution in [0.25, 0.3) is 0 Å². The highest BCUT2D eigenvalue weighted by atomic mass is 32.2. The van der Waals surface area contributed by atoms with E-state index < -0.39 is 21.7 Å².